The highest BCUT2D eigenvalue weighted by Crippen LogP contribution is 2.35. The molecule has 4 rings (SSSR count). The second kappa shape index (κ2) is 4.69. The Morgan fingerprint density at radius 3 is 2.32 bits per heavy atom. The van der Waals surface area contributed by atoms with Crippen molar-refractivity contribution in [3.05, 3.63) is 30.1 Å². The van der Waals surface area contributed by atoms with Gasteiger partial charge < -0.3 is 4.90 Å². The van der Waals surface area contributed by atoms with E-state index in [9.17, 15) is 13.2 Å². The van der Waals surface area contributed by atoms with Crippen molar-refractivity contribution in [1.29, 1.82) is 0 Å². The van der Waals surface area contributed by atoms with Crippen LogP contribution in [0.5, 0.6) is 0 Å². The van der Waals surface area contributed by atoms with E-state index in [0.29, 0.717) is 17.7 Å². The van der Waals surface area contributed by atoms with E-state index in [1.54, 1.807) is 6.07 Å². The van der Waals surface area contributed by atoms with Gasteiger partial charge in [-0.1, -0.05) is 12.2 Å². The summed E-state index contributed by atoms with van der Waals surface area (Å²) in [5.41, 5.74) is 0.106. The molecule has 3 heterocycles. The van der Waals surface area contributed by atoms with Gasteiger partial charge in [0.1, 0.15) is 5.82 Å². The van der Waals surface area contributed by atoms with Gasteiger partial charge in [0, 0.05) is 13.1 Å². The van der Waals surface area contributed by atoms with Crippen LogP contribution in [-0.2, 0) is 6.18 Å². The summed E-state index contributed by atoms with van der Waals surface area (Å²) < 4.78 is 39.5. The Kier molecular flexibility index (Phi) is 2.88. The number of halogens is 3. The number of anilines is 1. The summed E-state index contributed by atoms with van der Waals surface area (Å²) in [6.45, 7) is 1.66. The van der Waals surface area contributed by atoms with Crippen molar-refractivity contribution in [1.82, 2.24) is 19.8 Å². The van der Waals surface area contributed by atoms with Crippen LogP contribution in [0.15, 0.2) is 24.3 Å². The second-order valence-corrected chi connectivity index (χ2v) is 5.85. The second-order valence-electron chi connectivity index (χ2n) is 5.85. The average Bonchev–Trinajstić information content (AvgIpc) is 3.09. The number of hydrogen-bond donors (Lipinski definition) is 0. The van der Waals surface area contributed by atoms with Gasteiger partial charge in [-0.05, 0) is 36.8 Å². The lowest BCUT2D eigenvalue weighted by molar-refractivity contribution is -0.146. The molecule has 0 radical (unpaired) electrons. The van der Waals surface area contributed by atoms with Crippen LogP contribution in [0.2, 0.25) is 0 Å². The van der Waals surface area contributed by atoms with Crippen LogP contribution in [0.3, 0.4) is 0 Å². The first-order chi connectivity index (χ1) is 10.5. The van der Waals surface area contributed by atoms with E-state index in [1.165, 1.54) is 6.07 Å². The topological polar surface area (TPSA) is 46.3 Å². The molecule has 2 aromatic rings. The van der Waals surface area contributed by atoms with E-state index in [2.05, 4.69) is 32.3 Å². The molecule has 0 bridgehead atoms. The monoisotopic (exact) mass is 309 g/mol. The summed E-state index contributed by atoms with van der Waals surface area (Å²) in [5.74, 6) is 0.589. The highest BCUT2D eigenvalue weighted by molar-refractivity contribution is 5.47. The minimum Gasteiger partial charge on any atom is -0.355 e. The molecular formula is C14H14F3N5. The van der Waals surface area contributed by atoms with E-state index in [0.717, 1.165) is 30.4 Å². The molecule has 1 saturated heterocycles. The van der Waals surface area contributed by atoms with Crippen LogP contribution in [-0.4, -0.2) is 32.9 Å². The Hall–Kier alpha value is -2.12. The van der Waals surface area contributed by atoms with Gasteiger partial charge >= 0.3 is 6.18 Å². The van der Waals surface area contributed by atoms with Crippen LogP contribution in [0, 0.1) is 11.8 Å². The summed E-state index contributed by atoms with van der Waals surface area (Å²) in [6.07, 6.45) is 1.87. The Morgan fingerprint density at radius 1 is 1.00 bits per heavy atom. The normalized spacial score (nSPS) is 25.0. The van der Waals surface area contributed by atoms with E-state index < -0.39 is 12.0 Å². The van der Waals surface area contributed by atoms with Gasteiger partial charge in [-0.15, -0.1) is 15.3 Å². The van der Waals surface area contributed by atoms with Crippen molar-refractivity contribution in [2.75, 3.05) is 18.0 Å². The molecule has 0 N–H and O–H groups in total. The molecule has 0 spiro atoms. The molecule has 0 aromatic carbocycles. The summed E-state index contributed by atoms with van der Waals surface area (Å²) in [7, 11) is 0. The van der Waals surface area contributed by atoms with E-state index >= 15 is 0 Å². The quantitative estimate of drug-likeness (QED) is 0.760. The smallest absolute Gasteiger partial charge is 0.355 e. The molecule has 0 saturated carbocycles. The lowest BCUT2D eigenvalue weighted by Crippen LogP contribution is -2.22. The molecule has 1 fully saturated rings. The number of allylic oxidation sites excluding steroid dienone is 2. The minimum absolute atomic E-state index is 0.106. The third-order valence-corrected chi connectivity index (χ3v) is 4.45. The van der Waals surface area contributed by atoms with Gasteiger partial charge in [0.05, 0.1) is 0 Å². The molecule has 2 unspecified atom stereocenters. The van der Waals surface area contributed by atoms with Gasteiger partial charge in [-0.3, -0.25) is 0 Å². The zero-order chi connectivity index (χ0) is 15.3. The first kappa shape index (κ1) is 13.5. The lowest BCUT2D eigenvalue weighted by atomic mass is 9.86. The number of nitrogens with zero attached hydrogens (tertiary/aromatic N) is 5. The summed E-state index contributed by atoms with van der Waals surface area (Å²) >= 11 is 0. The molecule has 2 aliphatic rings. The molecule has 116 valence electrons. The van der Waals surface area contributed by atoms with Crippen molar-refractivity contribution in [2.24, 2.45) is 11.8 Å². The van der Waals surface area contributed by atoms with Gasteiger partial charge in [0.15, 0.2) is 5.65 Å². The zero-order valence-electron chi connectivity index (χ0n) is 11.7. The van der Waals surface area contributed by atoms with Gasteiger partial charge in [-0.2, -0.15) is 17.7 Å². The molecule has 1 aliphatic heterocycles. The molecule has 2 atom stereocenters. The van der Waals surface area contributed by atoms with Crippen molar-refractivity contribution >= 4 is 11.5 Å². The maximum atomic E-state index is 12.9. The highest BCUT2D eigenvalue weighted by atomic mass is 19.4. The third kappa shape index (κ3) is 2.13. The van der Waals surface area contributed by atoms with E-state index in [4.69, 9.17) is 0 Å². The SMILES string of the molecule is FC(F)(F)c1nnc2ccc(N3CC4CC=CCC4C3)nn12. The van der Waals surface area contributed by atoms with Crippen molar-refractivity contribution in [3.8, 4) is 0 Å². The number of rotatable bonds is 1. The van der Waals surface area contributed by atoms with E-state index in [1.807, 2.05) is 0 Å². The maximum absolute atomic E-state index is 12.9. The lowest BCUT2D eigenvalue weighted by Gasteiger charge is -2.17. The fourth-order valence-corrected chi connectivity index (χ4v) is 3.33. The van der Waals surface area contributed by atoms with Crippen molar-refractivity contribution in [3.63, 3.8) is 0 Å². The summed E-state index contributed by atoms with van der Waals surface area (Å²) in [6, 6.07) is 3.25. The molecule has 8 heteroatoms. The van der Waals surface area contributed by atoms with Crippen LogP contribution in [0.4, 0.5) is 19.0 Å². The summed E-state index contributed by atoms with van der Waals surface area (Å²) in [4.78, 5) is 2.06. The first-order valence-corrected chi connectivity index (χ1v) is 7.22. The molecule has 5 nitrogen and oxygen atoms in total. The maximum Gasteiger partial charge on any atom is 0.453 e. The predicted molar refractivity (Wildman–Crippen MR) is 73.4 cm³/mol. The van der Waals surface area contributed by atoms with Gasteiger partial charge in [0.25, 0.3) is 5.82 Å². The van der Waals surface area contributed by atoms with Crippen molar-refractivity contribution < 1.29 is 13.2 Å². The van der Waals surface area contributed by atoms with Crippen LogP contribution in [0.25, 0.3) is 5.65 Å². The first-order valence-electron chi connectivity index (χ1n) is 7.22. The Morgan fingerprint density at radius 2 is 1.68 bits per heavy atom. The fraction of sp³-hybridized carbons (Fsp3) is 0.500. The van der Waals surface area contributed by atoms with E-state index in [-0.39, 0.29) is 5.65 Å². The fourth-order valence-electron chi connectivity index (χ4n) is 3.33. The van der Waals surface area contributed by atoms with Crippen molar-refractivity contribution in [2.45, 2.75) is 19.0 Å². The molecule has 0 amide bonds. The number of alkyl halides is 3. The highest BCUT2D eigenvalue weighted by Gasteiger charge is 2.38. The average molecular weight is 309 g/mol. The van der Waals surface area contributed by atoms with Gasteiger partial charge in [-0.25, -0.2) is 0 Å². The van der Waals surface area contributed by atoms with Crippen LogP contribution < -0.4 is 4.90 Å². The summed E-state index contributed by atoms with van der Waals surface area (Å²) in [5, 5.41) is 10.8. The standard InChI is InChI=1S/C14H14F3N5/c15-14(16,17)13-19-18-11-5-6-12(20-22(11)13)21-7-9-3-1-2-4-10(9)8-21/h1-2,5-6,9-10H,3-4,7-8H2. The third-order valence-electron chi connectivity index (χ3n) is 4.45. The minimum atomic E-state index is -4.56. The number of fused-ring (bicyclic) bond motifs is 2. The predicted octanol–water partition coefficient (Wildman–Crippen LogP) is 2.55. The van der Waals surface area contributed by atoms with Crippen LogP contribution >= 0.6 is 0 Å². The van der Waals surface area contributed by atoms with Gasteiger partial charge in [0.2, 0.25) is 0 Å². The Bertz CT molecular complexity index is 720. The molecular weight excluding hydrogens is 295 g/mol. The largest absolute Gasteiger partial charge is 0.453 e. The van der Waals surface area contributed by atoms with Crippen LogP contribution in [0.1, 0.15) is 18.7 Å². The Balaban J connectivity index is 1.68. The zero-order valence-corrected chi connectivity index (χ0v) is 11.7. The number of hydrogen-bond acceptors (Lipinski definition) is 4. The molecule has 1 aliphatic carbocycles. The molecule has 22 heavy (non-hydrogen) atoms. The molecule has 2 aromatic heterocycles. The number of aromatic nitrogens is 4. The Labute approximate surface area is 124 Å².